The molecule has 1 fully saturated rings. The summed E-state index contributed by atoms with van der Waals surface area (Å²) in [5.41, 5.74) is 7.51. The molecule has 0 aromatic heterocycles. The molecule has 1 heterocycles. The Morgan fingerprint density at radius 3 is 2.95 bits per heavy atom. The van der Waals surface area contributed by atoms with Crippen LogP contribution in [0.25, 0.3) is 0 Å². The maximum Gasteiger partial charge on any atom is 0.220 e. The summed E-state index contributed by atoms with van der Waals surface area (Å²) in [6.07, 6.45) is 5.05. The van der Waals surface area contributed by atoms with Crippen molar-refractivity contribution < 1.29 is 9.53 Å². The SMILES string of the molecule is Nc1ccccc1CNC(=O)CCC1CCCCO1. The number of amides is 1. The van der Waals surface area contributed by atoms with Crippen LogP contribution in [-0.4, -0.2) is 18.6 Å². The molecule has 3 N–H and O–H groups in total. The monoisotopic (exact) mass is 262 g/mol. The van der Waals surface area contributed by atoms with E-state index in [-0.39, 0.29) is 12.0 Å². The maximum absolute atomic E-state index is 11.8. The third-order valence-electron chi connectivity index (χ3n) is 3.50. The Labute approximate surface area is 114 Å². The number of nitrogens with two attached hydrogens (primary N) is 1. The first-order valence-electron chi connectivity index (χ1n) is 6.97. The Morgan fingerprint density at radius 2 is 2.21 bits per heavy atom. The minimum absolute atomic E-state index is 0.0671. The number of ether oxygens (including phenoxy) is 1. The van der Waals surface area contributed by atoms with Crippen LogP contribution in [0.2, 0.25) is 0 Å². The van der Waals surface area contributed by atoms with Crippen molar-refractivity contribution in [1.82, 2.24) is 5.32 Å². The van der Waals surface area contributed by atoms with Gasteiger partial charge in [-0.1, -0.05) is 18.2 Å². The Morgan fingerprint density at radius 1 is 1.37 bits per heavy atom. The molecule has 1 amide bonds. The zero-order chi connectivity index (χ0) is 13.5. The number of hydrogen-bond acceptors (Lipinski definition) is 3. The minimum atomic E-state index is 0.0671. The lowest BCUT2D eigenvalue weighted by Gasteiger charge is -2.22. The van der Waals surface area contributed by atoms with Crippen molar-refractivity contribution in [3.05, 3.63) is 29.8 Å². The van der Waals surface area contributed by atoms with E-state index in [1.807, 2.05) is 24.3 Å². The summed E-state index contributed by atoms with van der Waals surface area (Å²) in [4.78, 5) is 11.8. The number of benzene rings is 1. The third-order valence-corrected chi connectivity index (χ3v) is 3.50. The number of nitrogens with one attached hydrogen (secondary N) is 1. The van der Waals surface area contributed by atoms with Crippen LogP contribution in [0.5, 0.6) is 0 Å². The van der Waals surface area contributed by atoms with E-state index in [0.29, 0.717) is 13.0 Å². The van der Waals surface area contributed by atoms with E-state index >= 15 is 0 Å². The molecule has 2 rings (SSSR count). The lowest BCUT2D eigenvalue weighted by Crippen LogP contribution is -2.26. The van der Waals surface area contributed by atoms with Gasteiger partial charge in [-0.25, -0.2) is 0 Å². The summed E-state index contributed by atoms with van der Waals surface area (Å²) in [5.74, 6) is 0.0671. The van der Waals surface area contributed by atoms with E-state index in [0.717, 1.165) is 37.1 Å². The lowest BCUT2D eigenvalue weighted by atomic mass is 10.0. The molecular weight excluding hydrogens is 240 g/mol. The summed E-state index contributed by atoms with van der Waals surface area (Å²) < 4.78 is 5.61. The molecule has 4 heteroatoms. The van der Waals surface area contributed by atoms with Gasteiger partial charge in [0.25, 0.3) is 0 Å². The second-order valence-electron chi connectivity index (χ2n) is 5.00. The average molecular weight is 262 g/mol. The Bertz CT molecular complexity index is 414. The number of rotatable bonds is 5. The van der Waals surface area contributed by atoms with E-state index in [4.69, 9.17) is 10.5 Å². The van der Waals surface area contributed by atoms with Crippen LogP contribution in [0.1, 0.15) is 37.7 Å². The van der Waals surface area contributed by atoms with Gasteiger partial charge in [0.1, 0.15) is 0 Å². The van der Waals surface area contributed by atoms with Crippen molar-refractivity contribution in [2.75, 3.05) is 12.3 Å². The van der Waals surface area contributed by atoms with Gasteiger partial charge in [0.2, 0.25) is 5.91 Å². The third kappa shape index (κ3) is 4.56. The fourth-order valence-electron chi connectivity index (χ4n) is 2.30. The molecule has 19 heavy (non-hydrogen) atoms. The highest BCUT2D eigenvalue weighted by Crippen LogP contribution is 2.17. The summed E-state index contributed by atoms with van der Waals surface area (Å²) in [7, 11) is 0. The smallest absolute Gasteiger partial charge is 0.220 e. The van der Waals surface area contributed by atoms with E-state index in [2.05, 4.69) is 5.32 Å². The first-order chi connectivity index (χ1) is 9.25. The van der Waals surface area contributed by atoms with Crippen LogP contribution >= 0.6 is 0 Å². The van der Waals surface area contributed by atoms with E-state index in [1.165, 1.54) is 6.42 Å². The van der Waals surface area contributed by atoms with E-state index in [1.54, 1.807) is 0 Å². The van der Waals surface area contributed by atoms with E-state index < -0.39 is 0 Å². The Balaban J connectivity index is 1.68. The predicted octanol–water partition coefficient (Wildman–Crippen LogP) is 2.23. The number of hydrogen-bond donors (Lipinski definition) is 2. The van der Waals surface area contributed by atoms with Gasteiger partial charge in [-0.05, 0) is 37.3 Å². The molecule has 1 aromatic carbocycles. The first-order valence-corrected chi connectivity index (χ1v) is 6.97. The first kappa shape index (κ1) is 13.9. The van der Waals surface area contributed by atoms with Crippen LogP contribution in [0, 0.1) is 0 Å². The van der Waals surface area contributed by atoms with Gasteiger partial charge in [0.15, 0.2) is 0 Å². The van der Waals surface area contributed by atoms with Crippen molar-refractivity contribution in [3.8, 4) is 0 Å². The molecule has 1 aliphatic rings. The standard InChI is InChI=1S/C15H22N2O2/c16-14-7-2-1-5-12(14)11-17-15(18)9-8-13-6-3-4-10-19-13/h1-2,5,7,13H,3-4,6,8-11,16H2,(H,17,18). The molecule has 1 unspecified atom stereocenters. The molecule has 104 valence electrons. The molecule has 0 saturated carbocycles. The molecule has 1 aromatic rings. The van der Waals surface area contributed by atoms with Crippen LogP contribution < -0.4 is 11.1 Å². The molecule has 1 saturated heterocycles. The number of carbonyl (C=O) groups is 1. The maximum atomic E-state index is 11.8. The topological polar surface area (TPSA) is 64.3 Å². The number of nitrogen functional groups attached to an aromatic ring is 1. The van der Waals surface area contributed by atoms with Crippen LogP contribution in [0.15, 0.2) is 24.3 Å². The minimum Gasteiger partial charge on any atom is -0.398 e. The highest BCUT2D eigenvalue weighted by Gasteiger charge is 2.15. The van der Waals surface area contributed by atoms with Crippen LogP contribution in [0.3, 0.4) is 0 Å². The van der Waals surface area contributed by atoms with Gasteiger partial charge in [0, 0.05) is 25.3 Å². The van der Waals surface area contributed by atoms with Crippen molar-refractivity contribution in [2.45, 2.75) is 44.8 Å². The summed E-state index contributed by atoms with van der Waals surface area (Å²) in [5, 5.41) is 2.90. The van der Waals surface area contributed by atoms with Crippen molar-refractivity contribution in [3.63, 3.8) is 0 Å². The zero-order valence-electron chi connectivity index (χ0n) is 11.2. The largest absolute Gasteiger partial charge is 0.398 e. The average Bonchev–Trinajstić information content (AvgIpc) is 2.45. The van der Waals surface area contributed by atoms with Gasteiger partial charge >= 0.3 is 0 Å². The fourth-order valence-corrected chi connectivity index (χ4v) is 2.30. The molecular formula is C15H22N2O2. The molecule has 0 spiro atoms. The summed E-state index contributed by atoms with van der Waals surface area (Å²) >= 11 is 0. The van der Waals surface area contributed by atoms with Crippen molar-refractivity contribution in [1.29, 1.82) is 0 Å². The molecule has 0 aliphatic carbocycles. The number of carbonyl (C=O) groups excluding carboxylic acids is 1. The van der Waals surface area contributed by atoms with Gasteiger partial charge in [-0.15, -0.1) is 0 Å². The van der Waals surface area contributed by atoms with Gasteiger partial charge in [0.05, 0.1) is 6.10 Å². The molecule has 1 aliphatic heterocycles. The van der Waals surface area contributed by atoms with Gasteiger partial charge < -0.3 is 15.8 Å². The highest BCUT2D eigenvalue weighted by molar-refractivity contribution is 5.76. The zero-order valence-corrected chi connectivity index (χ0v) is 11.2. The van der Waals surface area contributed by atoms with Crippen molar-refractivity contribution >= 4 is 11.6 Å². The Hall–Kier alpha value is -1.55. The molecule has 4 nitrogen and oxygen atoms in total. The fraction of sp³-hybridized carbons (Fsp3) is 0.533. The Kier molecular flexibility index (Phi) is 5.21. The van der Waals surface area contributed by atoms with Gasteiger partial charge in [-0.3, -0.25) is 4.79 Å². The lowest BCUT2D eigenvalue weighted by molar-refractivity contribution is -0.122. The number of anilines is 1. The van der Waals surface area contributed by atoms with Crippen LogP contribution in [-0.2, 0) is 16.1 Å². The quantitative estimate of drug-likeness (QED) is 0.800. The molecule has 0 bridgehead atoms. The second-order valence-corrected chi connectivity index (χ2v) is 5.00. The number of para-hydroxylation sites is 1. The second kappa shape index (κ2) is 7.14. The highest BCUT2D eigenvalue weighted by atomic mass is 16.5. The van der Waals surface area contributed by atoms with Crippen molar-refractivity contribution in [2.24, 2.45) is 0 Å². The van der Waals surface area contributed by atoms with Crippen LogP contribution in [0.4, 0.5) is 5.69 Å². The molecule has 0 radical (unpaired) electrons. The summed E-state index contributed by atoms with van der Waals surface area (Å²) in [6.45, 7) is 1.34. The normalized spacial score (nSPS) is 19.1. The summed E-state index contributed by atoms with van der Waals surface area (Å²) in [6, 6.07) is 7.59. The van der Waals surface area contributed by atoms with Gasteiger partial charge in [-0.2, -0.15) is 0 Å². The molecule has 1 atom stereocenters. The predicted molar refractivity (Wildman–Crippen MR) is 75.5 cm³/mol. The van der Waals surface area contributed by atoms with E-state index in [9.17, 15) is 4.79 Å².